The largest absolute Gasteiger partial charge is 0.465 e. The first-order valence-corrected chi connectivity index (χ1v) is 3.92. The zero-order valence-corrected chi connectivity index (χ0v) is 7.87. The lowest BCUT2D eigenvalue weighted by Gasteiger charge is -2.16. The molecule has 6 nitrogen and oxygen atoms in total. The number of hydrogen-bond acceptors (Lipinski definition) is 4. The molecule has 1 unspecified atom stereocenters. The highest BCUT2D eigenvalue weighted by atomic mass is 16.5. The summed E-state index contributed by atoms with van der Waals surface area (Å²) < 4.78 is 9.76. The van der Waals surface area contributed by atoms with Gasteiger partial charge >= 0.3 is 6.09 Å². The lowest BCUT2D eigenvalue weighted by molar-refractivity contribution is 0.0654. The van der Waals surface area contributed by atoms with E-state index in [9.17, 15) is 4.79 Å². The molecule has 13 heavy (non-hydrogen) atoms. The molecule has 0 aliphatic heterocycles. The van der Waals surface area contributed by atoms with Gasteiger partial charge in [0.05, 0.1) is 13.2 Å². The minimum Gasteiger partial charge on any atom is -0.465 e. The number of carbonyl (C=O) groups is 1. The van der Waals surface area contributed by atoms with Gasteiger partial charge in [-0.25, -0.2) is 4.79 Å². The summed E-state index contributed by atoms with van der Waals surface area (Å²) in [6, 6.07) is 0. The number of hydrogen-bond donors (Lipinski definition) is 3. The van der Waals surface area contributed by atoms with E-state index in [1.807, 2.05) is 0 Å². The van der Waals surface area contributed by atoms with E-state index in [4.69, 9.17) is 14.6 Å². The molecule has 0 rings (SSSR count). The first kappa shape index (κ1) is 12.2. The summed E-state index contributed by atoms with van der Waals surface area (Å²) in [5.74, 6) is 0. The molecule has 0 saturated carbocycles. The van der Waals surface area contributed by atoms with Gasteiger partial charge in [0.1, 0.15) is 6.23 Å². The highest BCUT2D eigenvalue weighted by molar-refractivity contribution is 5.64. The zero-order valence-electron chi connectivity index (χ0n) is 7.87. The van der Waals surface area contributed by atoms with Crippen LogP contribution in [0.15, 0.2) is 0 Å². The summed E-state index contributed by atoms with van der Waals surface area (Å²) in [5.41, 5.74) is 0. The van der Waals surface area contributed by atoms with Crippen LogP contribution in [0.1, 0.15) is 0 Å². The summed E-state index contributed by atoms with van der Waals surface area (Å²) >= 11 is 0. The standard InChI is InChI=1S/C7H16N2O4/c1-12-4-3-8-6(13-2)5-9-7(10)11/h6,8-9H,3-5H2,1-2H3,(H,10,11). The quantitative estimate of drug-likeness (QED) is 0.373. The molecule has 0 saturated heterocycles. The van der Waals surface area contributed by atoms with Crippen molar-refractivity contribution in [1.82, 2.24) is 10.6 Å². The van der Waals surface area contributed by atoms with Gasteiger partial charge in [-0.05, 0) is 0 Å². The van der Waals surface area contributed by atoms with E-state index in [1.54, 1.807) is 7.11 Å². The Bertz CT molecular complexity index is 142. The van der Waals surface area contributed by atoms with Crippen molar-refractivity contribution < 1.29 is 19.4 Å². The van der Waals surface area contributed by atoms with Crippen LogP contribution in [0.3, 0.4) is 0 Å². The van der Waals surface area contributed by atoms with E-state index in [2.05, 4.69) is 10.6 Å². The van der Waals surface area contributed by atoms with Crippen LogP contribution in [0.5, 0.6) is 0 Å². The number of amides is 1. The van der Waals surface area contributed by atoms with E-state index >= 15 is 0 Å². The van der Waals surface area contributed by atoms with Crippen LogP contribution in [0.25, 0.3) is 0 Å². The second kappa shape index (κ2) is 7.78. The van der Waals surface area contributed by atoms with Crippen molar-refractivity contribution in [3.05, 3.63) is 0 Å². The van der Waals surface area contributed by atoms with Crippen LogP contribution in [-0.2, 0) is 9.47 Å². The van der Waals surface area contributed by atoms with Gasteiger partial charge in [0, 0.05) is 20.8 Å². The highest BCUT2D eigenvalue weighted by Gasteiger charge is 2.06. The Balaban J connectivity index is 3.45. The molecule has 0 aliphatic carbocycles. The predicted octanol–water partition coefficient (Wildman–Crippen LogP) is -0.537. The first-order valence-electron chi connectivity index (χ1n) is 3.92. The van der Waals surface area contributed by atoms with Gasteiger partial charge in [-0.1, -0.05) is 0 Å². The SMILES string of the molecule is COCCNC(CNC(=O)O)OC. The average molecular weight is 192 g/mol. The zero-order chi connectivity index (χ0) is 10.1. The van der Waals surface area contributed by atoms with Crippen molar-refractivity contribution >= 4 is 6.09 Å². The van der Waals surface area contributed by atoms with E-state index in [0.717, 1.165) is 0 Å². The predicted molar refractivity (Wildman–Crippen MR) is 46.7 cm³/mol. The summed E-state index contributed by atoms with van der Waals surface area (Å²) in [5, 5.41) is 13.5. The van der Waals surface area contributed by atoms with E-state index in [-0.39, 0.29) is 12.8 Å². The Labute approximate surface area is 77.2 Å². The molecule has 1 atom stereocenters. The van der Waals surface area contributed by atoms with Crippen molar-refractivity contribution in [2.24, 2.45) is 0 Å². The summed E-state index contributed by atoms with van der Waals surface area (Å²) in [4.78, 5) is 10.1. The lowest BCUT2D eigenvalue weighted by atomic mass is 10.5. The maximum atomic E-state index is 10.1. The van der Waals surface area contributed by atoms with Crippen LogP contribution in [0.4, 0.5) is 4.79 Å². The molecule has 0 aromatic carbocycles. The molecule has 0 heterocycles. The van der Waals surface area contributed by atoms with Crippen molar-refractivity contribution in [3.8, 4) is 0 Å². The van der Waals surface area contributed by atoms with Gasteiger partial charge in [-0.15, -0.1) is 0 Å². The summed E-state index contributed by atoms with van der Waals surface area (Å²) in [7, 11) is 3.10. The van der Waals surface area contributed by atoms with E-state index in [0.29, 0.717) is 13.2 Å². The van der Waals surface area contributed by atoms with Crippen LogP contribution in [0.2, 0.25) is 0 Å². The highest BCUT2D eigenvalue weighted by Crippen LogP contribution is 1.81. The molecule has 0 bridgehead atoms. The lowest BCUT2D eigenvalue weighted by Crippen LogP contribution is -2.42. The average Bonchev–Trinajstić information content (AvgIpc) is 2.10. The maximum Gasteiger partial charge on any atom is 0.404 e. The van der Waals surface area contributed by atoms with E-state index in [1.165, 1.54) is 7.11 Å². The molecule has 0 radical (unpaired) electrons. The minimum absolute atomic E-state index is 0.218. The molecular formula is C7H16N2O4. The van der Waals surface area contributed by atoms with Crippen LogP contribution in [-0.4, -0.2) is 51.3 Å². The second-order valence-corrected chi connectivity index (χ2v) is 2.36. The van der Waals surface area contributed by atoms with E-state index < -0.39 is 6.09 Å². The molecule has 0 aromatic rings. The number of nitrogens with one attached hydrogen (secondary N) is 2. The van der Waals surface area contributed by atoms with Crippen LogP contribution >= 0.6 is 0 Å². The molecule has 6 heteroatoms. The van der Waals surface area contributed by atoms with Gasteiger partial charge in [0.25, 0.3) is 0 Å². The summed E-state index contributed by atoms with van der Waals surface area (Å²) in [6.07, 6.45) is -1.37. The van der Waals surface area contributed by atoms with Crippen LogP contribution in [0, 0.1) is 0 Å². The molecular weight excluding hydrogens is 176 g/mol. The molecule has 0 aromatic heterocycles. The molecule has 0 spiro atoms. The van der Waals surface area contributed by atoms with Gasteiger partial charge in [-0.2, -0.15) is 0 Å². The number of ether oxygens (including phenoxy) is 2. The fourth-order valence-corrected chi connectivity index (χ4v) is 0.741. The third-order valence-electron chi connectivity index (χ3n) is 1.40. The fourth-order valence-electron chi connectivity index (χ4n) is 0.741. The molecule has 1 amide bonds. The normalized spacial score (nSPS) is 12.5. The van der Waals surface area contributed by atoms with Gasteiger partial charge in [0.15, 0.2) is 0 Å². The van der Waals surface area contributed by atoms with Crippen molar-refractivity contribution in [2.75, 3.05) is 33.9 Å². The Hall–Kier alpha value is -0.850. The molecule has 0 fully saturated rings. The Morgan fingerprint density at radius 1 is 1.54 bits per heavy atom. The van der Waals surface area contributed by atoms with Gasteiger partial charge in [-0.3, -0.25) is 5.32 Å². The number of rotatable bonds is 7. The first-order chi connectivity index (χ1) is 6.20. The third kappa shape index (κ3) is 7.51. The van der Waals surface area contributed by atoms with Crippen molar-refractivity contribution in [3.63, 3.8) is 0 Å². The molecule has 78 valence electrons. The smallest absolute Gasteiger partial charge is 0.404 e. The number of methoxy groups -OCH3 is 2. The summed E-state index contributed by atoms with van der Waals surface area (Å²) in [6.45, 7) is 1.40. The van der Waals surface area contributed by atoms with Crippen molar-refractivity contribution in [2.45, 2.75) is 6.23 Å². The molecule has 3 N–H and O–H groups in total. The van der Waals surface area contributed by atoms with Crippen LogP contribution < -0.4 is 10.6 Å². The molecule has 0 aliphatic rings. The minimum atomic E-state index is -1.06. The number of carboxylic acid groups (broad SMARTS) is 1. The third-order valence-corrected chi connectivity index (χ3v) is 1.40. The van der Waals surface area contributed by atoms with Gasteiger partial charge in [0.2, 0.25) is 0 Å². The Morgan fingerprint density at radius 2 is 2.23 bits per heavy atom. The Kier molecular flexibility index (Phi) is 7.27. The van der Waals surface area contributed by atoms with Crippen molar-refractivity contribution in [1.29, 1.82) is 0 Å². The fraction of sp³-hybridized carbons (Fsp3) is 0.857. The maximum absolute atomic E-state index is 10.1. The van der Waals surface area contributed by atoms with Gasteiger partial charge < -0.3 is 19.9 Å². The Morgan fingerprint density at radius 3 is 2.69 bits per heavy atom. The second-order valence-electron chi connectivity index (χ2n) is 2.36. The monoisotopic (exact) mass is 192 g/mol. The topological polar surface area (TPSA) is 79.8 Å².